The Morgan fingerprint density at radius 2 is 1.55 bits per heavy atom. The highest BCUT2D eigenvalue weighted by Crippen LogP contribution is 2.37. The first kappa shape index (κ1) is 29.0. The van der Waals surface area contributed by atoms with Crippen LogP contribution in [0.1, 0.15) is 41.5 Å². The van der Waals surface area contributed by atoms with E-state index in [1.54, 1.807) is 26.8 Å². The van der Waals surface area contributed by atoms with Crippen LogP contribution < -0.4 is 10.4 Å². The van der Waals surface area contributed by atoms with E-state index in [4.69, 9.17) is 13.9 Å². The second-order valence-corrected chi connectivity index (χ2v) is 14.5. The van der Waals surface area contributed by atoms with Crippen LogP contribution in [0.15, 0.2) is 96.6 Å². The van der Waals surface area contributed by atoms with Crippen LogP contribution >= 0.6 is 0 Å². The molecule has 0 spiro atoms. The molecule has 0 aromatic heterocycles. The summed E-state index contributed by atoms with van der Waals surface area (Å²) < 4.78 is 17.7. The maximum absolute atomic E-state index is 13.4. The molecule has 0 radical (unpaired) electrons. The van der Waals surface area contributed by atoms with E-state index >= 15 is 0 Å². The van der Waals surface area contributed by atoms with E-state index in [9.17, 15) is 14.4 Å². The molecular weight excluding hydrogens is 496 g/mol. The van der Waals surface area contributed by atoms with E-state index in [-0.39, 0.29) is 10.8 Å². The Hall–Kier alpha value is -3.55. The van der Waals surface area contributed by atoms with Crippen molar-refractivity contribution in [2.75, 3.05) is 0 Å². The van der Waals surface area contributed by atoms with Gasteiger partial charge in [0.15, 0.2) is 18.0 Å². The number of cyclic esters (lactones) is 1. The summed E-state index contributed by atoms with van der Waals surface area (Å²) in [4.78, 5) is 37.5. The standard InChI is InChI=1S/C31H36O6Si/c1-7-22(2)30(34)36-28-20-21-29(33)35-27(28)19-18-26(32)23(3)37-38(31(4,5)6,24-14-10-8-11-15-24)25-16-12-9-13-17-25/h7-21,23,27-28H,1-6H3/b19-18+,22-7+/t23-,27-,28-/m0/s1. The molecule has 0 aliphatic carbocycles. The lowest BCUT2D eigenvalue weighted by atomic mass is 10.1. The van der Waals surface area contributed by atoms with E-state index in [0.29, 0.717) is 5.57 Å². The van der Waals surface area contributed by atoms with Gasteiger partial charge in [-0.05, 0) is 54.4 Å². The number of carbonyl (C=O) groups excluding carboxylic acids is 3. The van der Waals surface area contributed by atoms with E-state index in [0.717, 1.165) is 10.4 Å². The summed E-state index contributed by atoms with van der Waals surface area (Å²) in [5, 5.41) is 1.85. The summed E-state index contributed by atoms with van der Waals surface area (Å²) in [6.45, 7) is 11.5. The number of esters is 2. The van der Waals surface area contributed by atoms with Crippen molar-refractivity contribution in [1.29, 1.82) is 0 Å². The molecule has 0 unspecified atom stereocenters. The monoisotopic (exact) mass is 532 g/mol. The predicted molar refractivity (Wildman–Crippen MR) is 151 cm³/mol. The number of hydrogen-bond donors (Lipinski definition) is 0. The molecule has 6 nitrogen and oxygen atoms in total. The van der Waals surface area contributed by atoms with Crippen LogP contribution in [0.25, 0.3) is 0 Å². The highest BCUT2D eigenvalue weighted by molar-refractivity contribution is 6.99. The van der Waals surface area contributed by atoms with Crippen molar-refractivity contribution < 1.29 is 28.3 Å². The van der Waals surface area contributed by atoms with Crippen molar-refractivity contribution in [2.45, 2.75) is 64.9 Å². The third-order valence-corrected chi connectivity index (χ3v) is 11.7. The van der Waals surface area contributed by atoms with Crippen molar-refractivity contribution in [3.8, 4) is 0 Å². The minimum absolute atomic E-state index is 0.279. The summed E-state index contributed by atoms with van der Waals surface area (Å²) in [5.41, 5.74) is 0.432. The molecule has 200 valence electrons. The predicted octanol–water partition coefficient (Wildman–Crippen LogP) is 4.44. The van der Waals surface area contributed by atoms with Gasteiger partial charge < -0.3 is 13.9 Å². The fourth-order valence-corrected chi connectivity index (χ4v) is 9.11. The topological polar surface area (TPSA) is 78.9 Å². The molecule has 0 amide bonds. The highest BCUT2D eigenvalue weighted by Gasteiger charge is 2.51. The van der Waals surface area contributed by atoms with Crippen LogP contribution in [0.5, 0.6) is 0 Å². The van der Waals surface area contributed by atoms with Crippen LogP contribution in [-0.2, 0) is 28.3 Å². The van der Waals surface area contributed by atoms with Crippen molar-refractivity contribution in [2.24, 2.45) is 0 Å². The molecule has 0 bridgehead atoms. The second kappa shape index (κ2) is 12.3. The first-order chi connectivity index (χ1) is 18.0. The zero-order valence-corrected chi connectivity index (χ0v) is 23.8. The summed E-state index contributed by atoms with van der Waals surface area (Å²) >= 11 is 0. The molecule has 1 aliphatic rings. The molecule has 3 rings (SSSR count). The number of benzene rings is 2. The number of ketones is 1. The lowest BCUT2D eigenvalue weighted by molar-refractivity contribution is -0.157. The van der Waals surface area contributed by atoms with Gasteiger partial charge in [0.2, 0.25) is 0 Å². The first-order valence-corrected chi connectivity index (χ1v) is 14.6. The first-order valence-electron chi connectivity index (χ1n) is 12.7. The third kappa shape index (κ3) is 6.47. The minimum Gasteiger partial charge on any atom is -0.451 e. The molecule has 3 atom stereocenters. The summed E-state index contributed by atoms with van der Waals surface area (Å²) in [5.74, 6) is -1.37. The lowest BCUT2D eigenvalue weighted by Gasteiger charge is -2.44. The number of hydrogen-bond acceptors (Lipinski definition) is 6. The zero-order valence-electron chi connectivity index (χ0n) is 22.8. The van der Waals surface area contributed by atoms with Gasteiger partial charge in [-0.15, -0.1) is 0 Å². The van der Waals surface area contributed by atoms with Gasteiger partial charge in [0.25, 0.3) is 8.32 Å². The minimum atomic E-state index is -2.93. The third-order valence-electron chi connectivity index (χ3n) is 6.62. The van der Waals surface area contributed by atoms with Crippen LogP contribution in [0, 0.1) is 0 Å². The van der Waals surface area contributed by atoms with Crippen LogP contribution in [0.3, 0.4) is 0 Å². The molecule has 1 aliphatic heterocycles. The molecule has 1 heterocycles. The second-order valence-electron chi connectivity index (χ2n) is 10.3. The van der Waals surface area contributed by atoms with Gasteiger partial charge in [-0.1, -0.05) is 87.5 Å². The molecule has 0 saturated heterocycles. The molecule has 0 N–H and O–H groups in total. The Morgan fingerprint density at radius 1 is 1.00 bits per heavy atom. The Morgan fingerprint density at radius 3 is 2.05 bits per heavy atom. The summed E-state index contributed by atoms with van der Waals surface area (Å²) in [6, 6.07) is 20.2. The smallest absolute Gasteiger partial charge is 0.334 e. The lowest BCUT2D eigenvalue weighted by Crippen LogP contribution is -2.68. The van der Waals surface area contributed by atoms with E-state index < -0.39 is 38.6 Å². The summed E-state index contributed by atoms with van der Waals surface area (Å²) in [6.07, 6.45) is 4.58. The Labute approximate surface area is 226 Å². The molecular formula is C31H36O6Si. The largest absolute Gasteiger partial charge is 0.451 e. The van der Waals surface area contributed by atoms with E-state index in [1.807, 2.05) is 36.4 Å². The van der Waals surface area contributed by atoms with Crippen LogP contribution in [0.2, 0.25) is 5.04 Å². The average molecular weight is 533 g/mol. The van der Waals surface area contributed by atoms with Crippen molar-refractivity contribution in [3.63, 3.8) is 0 Å². The number of allylic oxidation sites excluding steroid dienone is 1. The Kier molecular flexibility index (Phi) is 9.41. The van der Waals surface area contributed by atoms with Gasteiger partial charge in [0, 0.05) is 11.6 Å². The van der Waals surface area contributed by atoms with Gasteiger partial charge in [0.1, 0.15) is 6.10 Å². The normalized spacial score (nSPS) is 19.2. The fourth-order valence-electron chi connectivity index (χ4n) is 4.45. The van der Waals surface area contributed by atoms with Crippen molar-refractivity contribution in [1.82, 2.24) is 0 Å². The van der Waals surface area contributed by atoms with Crippen molar-refractivity contribution >= 4 is 36.4 Å². The van der Waals surface area contributed by atoms with Gasteiger partial charge in [-0.25, -0.2) is 9.59 Å². The maximum atomic E-state index is 13.4. The molecule has 38 heavy (non-hydrogen) atoms. The Balaban J connectivity index is 1.90. The van der Waals surface area contributed by atoms with Crippen LogP contribution in [-0.4, -0.2) is 44.4 Å². The fraction of sp³-hybridized carbons (Fsp3) is 0.323. The molecule has 2 aromatic rings. The number of rotatable bonds is 9. The van der Waals surface area contributed by atoms with Gasteiger partial charge in [0.05, 0.1) is 0 Å². The number of carbonyl (C=O) groups is 3. The van der Waals surface area contributed by atoms with Gasteiger partial charge in [-0.2, -0.15) is 0 Å². The quantitative estimate of drug-likeness (QED) is 0.270. The van der Waals surface area contributed by atoms with Gasteiger partial charge >= 0.3 is 11.9 Å². The number of ether oxygens (including phenoxy) is 2. The molecule has 0 saturated carbocycles. The highest BCUT2D eigenvalue weighted by atomic mass is 28.4. The van der Waals surface area contributed by atoms with E-state index in [1.165, 1.54) is 24.3 Å². The Bertz CT molecular complexity index is 1180. The molecule has 2 aromatic carbocycles. The van der Waals surface area contributed by atoms with Gasteiger partial charge in [-0.3, -0.25) is 4.79 Å². The zero-order chi connectivity index (χ0) is 27.9. The molecule has 0 fully saturated rings. The summed E-state index contributed by atoms with van der Waals surface area (Å²) in [7, 11) is -2.93. The maximum Gasteiger partial charge on any atom is 0.334 e. The van der Waals surface area contributed by atoms with Crippen LogP contribution in [0.4, 0.5) is 0 Å². The SMILES string of the molecule is C/C=C(\C)C(=O)O[C@H]1C=CC(=O)O[C@H]1/C=C/C(=O)[C@H](C)O[Si](c1ccccc1)(c1ccccc1)C(C)(C)C. The molecule has 7 heteroatoms. The van der Waals surface area contributed by atoms with E-state index in [2.05, 4.69) is 45.0 Å². The average Bonchev–Trinajstić information content (AvgIpc) is 2.91. The van der Waals surface area contributed by atoms with Crippen molar-refractivity contribution in [3.05, 3.63) is 96.6 Å².